The minimum atomic E-state index is -0.980. The van der Waals surface area contributed by atoms with Crippen LogP contribution in [0.25, 0.3) is 0 Å². The molecule has 0 aliphatic heterocycles. The molecule has 0 aliphatic carbocycles. The van der Waals surface area contributed by atoms with Gasteiger partial charge in [0.2, 0.25) is 5.75 Å². The van der Waals surface area contributed by atoms with Crippen molar-refractivity contribution in [2.75, 3.05) is 5.32 Å². The molecular formula is C21H14BrN5O7. The largest absolute Gasteiger partial charge is 0.502 e. The number of anilines is 1. The summed E-state index contributed by atoms with van der Waals surface area (Å²) in [7, 11) is 0. The third-order valence-electron chi connectivity index (χ3n) is 4.37. The molecule has 0 saturated heterocycles. The van der Waals surface area contributed by atoms with Crippen molar-refractivity contribution in [3.05, 3.63) is 102 Å². The Morgan fingerprint density at radius 2 is 1.65 bits per heavy atom. The van der Waals surface area contributed by atoms with E-state index in [9.17, 15) is 34.9 Å². The number of carbonyl (C=O) groups is 2. The Morgan fingerprint density at radius 1 is 0.941 bits per heavy atom. The number of aromatic hydroxyl groups is 1. The third-order valence-corrected chi connectivity index (χ3v) is 4.90. The second-order valence-corrected chi connectivity index (χ2v) is 7.57. The van der Waals surface area contributed by atoms with E-state index in [-0.39, 0.29) is 17.0 Å². The number of nitro groups is 2. The van der Waals surface area contributed by atoms with Crippen molar-refractivity contribution < 1.29 is 24.5 Å². The number of carbonyl (C=O) groups excluding carboxylic acids is 2. The summed E-state index contributed by atoms with van der Waals surface area (Å²) >= 11 is 3.28. The summed E-state index contributed by atoms with van der Waals surface area (Å²) in [6, 6.07) is 14.1. The highest BCUT2D eigenvalue weighted by Gasteiger charge is 2.23. The molecule has 3 aromatic carbocycles. The van der Waals surface area contributed by atoms with Gasteiger partial charge in [-0.3, -0.25) is 29.8 Å². The summed E-state index contributed by atoms with van der Waals surface area (Å²) < 4.78 is 0.816. The fourth-order valence-corrected chi connectivity index (χ4v) is 3.00. The molecule has 0 saturated carbocycles. The van der Waals surface area contributed by atoms with Gasteiger partial charge in [0.25, 0.3) is 17.5 Å². The van der Waals surface area contributed by atoms with Gasteiger partial charge in [0.05, 0.1) is 27.7 Å². The lowest BCUT2D eigenvalue weighted by atomic mass is 10.1. The number of hydrogen-bond acceptors (Lipinski definition) is 8. The molecule has 3 N–H and O–H groups in total. The van der Waals surface area contributed by atoms with Gasteiger partial charge < -0.3 is 10.4 Å². The zero-order valence-corrected chi connectivity index (χ0v) is 18.6. The Labute approximate surface area is 199 Å². The second kappa shape index (κ2) is 10.3. The molecule has 3 rings (SSSR count). The Hall–Kier alpha value is -4.65. The number of rotatable bonds is 7. The van der Waals surface area contributed by atoms with Crippen molar-refractivity contribution in [2.24, 2.45) is 5.10 Å². The zero-order valence-electron chi connectivity index (χ0n) is 17.0. The molecule has 0 spiro atoms. The normalized spacial score (nSPS) is 10.6. The number of benzene rings is 3. The first-order valence-electron chi connectivity index (χ1n) is 9.32. The molecular weight excluding hydrogens is 514 g/mol. The first-order valence-corrected chi connectivity index (χ1v) is 10.1. The van der Waals surface area contributed by atoms with E-state index in [1.54, 1.807) is 30.3 Å². The Morgan fingerprint density at radius 3 is 2.29 bits per heavy atom. The van der Waals surface area contributed by atoms with Crippen LogP contribution in [0.3, 0.4) is 0 Å². The van der Waals surface area contributed by atoms with Crippen LogP contribution in [0.4, 0.5) is 17.1 Å². The van der Waals surface area contributed by atoms with Crippen LogP contribution >= 0.6 is 15.9 Å². The first-order chi connectivity index (χ1) is 16.2. The highest BCUT2D eigenvalue weighted by Crippen LogP contribution is 2.33. The van der Waals surface area contributed by atoms with Crippen molar-refractivity contribution in [3.8, 4) is 5.75 Å². The molecule has 0 unspecified atom stereocenters. The van der Waals surface area contributed by atoms with Crippen LogP contribution in [-0.4, -0.2) is 33.0 Å². The van der Waals surface area contributed by atoms with Crippen LogP contribution in [0.1, 0.15) is 26.3 Å². The Bertz CT molecular complexity index is 1330. The number of halogens is 1. The fourth-order valence-electron chi connectivity index (χ4n) is 2.74. The summed E-state index contributed by atoms with van der Waals surface area (Å²) in [5.41, 5.74) is 1.18. The van der Waals surface area contributed by atoms with E-state index in [1.807, 2.05) is 0 Å². The molecule has 3 aromatic rings. The highest BCUT2D eigenvalue weighted by molar-refractivity contribution is 9.10. The molecule has 13 heteroatoms. The monoisotopic (exact) mass is 527 g/mol. The van der Waals surface area contributed by atoms with E-state index >= 15 is 0 Å². The maximum atomic E-state index is 12.4. The molecule has 0 aliphatic rings. The first kappa shape index (κ1) is 24.0. The quantitative estimate of drug-likeness (QED) is 0.236. The number of nitro benzene ring substituents is 2. The predicted octanol–water partition coefficient (Wildman–Crippen LogP) is 3.99. The van der Waals surface area contributed by atoms with E-state index < -0.39 is 32.9 Å². The summed E-state index contributed by atoms with van der Waals surface area (Å²) in [4.78, 5) is 44.9. The summed E-state index contributed by atoms with van der Waals surface area (Å²) in [6.07, 6.45) is 0.840. The third kappa shape index (κ3) is 5.77. The van der Waals surface area contributed by atoms with Crippen LogP contribution in [0.15, 0.2) is 70.2 Å². The maximum absolute atomic E-state index is 12.4. The average molecular weight is 528 g/mol. The lowest BCUT2D eigenvalue weighted by Crippen LogP contribution is -2.18. The molecule has 12 nitrogen and oxygen atoms in total. The SMILES string of the molecule is O=C(N/N=C\c1cc([N+](=O)[O-])cc([N+](=O)[O-])c1O)c1cccc(NC(=O)c2ccc(Br)cc2)c1. The second-order valence-electron chi connectivity index (χ2n) is 6.66. The molecule has 2 amide bonds. The minimum absolute atomic E-state index is 0.125. The van der Waals surface area contributed by atoms with E-state index in [0.29, 0.717) is 17.3 Å². The van der Waals surface area contributed by atoms with Gasteiger partial charge >= 0.3 is 5.69 Å². The van der Waals surface area contributed by atoms with Crippen LogP contribution < -0.4 is 10.7 Å². The fraction of sp³-hybridized carbons (Fsp3) is 0. The maximum Gasteiger partial charge on any atom is 0.318 e. The number of non-ortho nitro benzene ring substituents is 1. The van der Waals surface area contributed by atoms with Gasteiger partial charge in [-0.25, -0.2) is 5.43 Å². The number of nitrogens with zero attached hydrogens (tertiary/aromatic N) is 3. The van der Waals surface area contributed by atoms with Crippen molar-refractivity contribution in [2.45, 2.75) is 0 Å². The Kier molecular flexibility index (Phi) is 7.28. The van der Waals surface area contributed by atoms with Crippen LogP contribution in [0.2, 0.25) is 0 Å². The smallest absolute Gasteiger partial charge is 0.318 e. The molecule has 0 atom stereocenters. The summed E-state index contributed by atoms with van der Waals surface area (Å²) in [6.45, 7) is 0. The number of nitrogens with one attached hydrogen (secondary N) is 2. The average Bonchev–Trinajstić information content (AvgIpc) is 2.80. The van der Waals surface area contributed by atoms with Crippen LogP contribution in [0.5, 0.6) is 5.75 Å². The number of hydrazone groups is 1. The van der Waals surface area contributed by atoms with Crippen molar-refractivity contribution in [3.63, 3.8) is 0 Å². The van der Waals surface area contributed by atoms with Crippen LogP contribution in [0, 0.1) is 20.2 Å². The number of phenols is 1. The van der Waals surface area contributed by atoms with Gasteiger partial charge in [0.1, 0.15) is 0 Å². The predicted molar refractivity (Wildman–Crippen MR) is 125 cm³/mol. The molecule has 34 heavy (non-hydrogen) atoms. The lowest BCUT2D eigenvalue weighted by molar-refractivity contribution is -0.394. The molecule has 0 aromatic heterocycles. The van der Waals surface area contributed by atoms with Crippen molar-refractivity contribution >= 4 is 51.0 Å². The molecule has 172 valence electrons. The molecule has 0 bridgehead atoms. The number of amides is 2. The van der Waals surface area contributed by atoms with Gasteiger partial charge in [-0.05, 0) is 42.5 Å². The van der Waals surface area contributed by atoms with Gasteiger partial charge in [0, 0.05) is 27.4 Å². The molecule has 0 heterocycles. The summed E-state index contributed by atoms with van der Waals surface area (Å²) in [5, 5.41) is 38.2. The summed E-state index contributed by atoms with van der Waals surface area (Å²) in [5.74, 6) is -1.92. The van der Waals surface area contributed by atoms with Gasteiger partial charge in [0.15, 0.2) is 0 Å². The van der Waals surface area contributed by atoms with Gasteiger partial charge in [-0.15, -0.1) is 0 Å². The van der Waals surface area contributed by atoms with Gasteiger partial charge in [-0.1, -0.05) is 22.0 Å². The van der Waals surface area contributed by atoms with Crippen molar-refractivity contribution in [1.29, 1.82) is 0 Å². The number of phenolic OH excluding ortho intramolecular Hbond substituents is 1. The lowest BCUT2D eigenvalue weighted by Gasteiger charge is -2.07. The molecule has 0 fully saturated rings. The standard InChI is InChI=1S/C21H14BrN5O7/c22-15-6-4-12(5-7-15)20(29)24-16-3-1-2-13(8-16)21(30)25-23-11-14-9-17(26(31)32)10-18(19(14)28)27(33)34/h1-11,28H,(H,24,29)(H,25,30)/b23-11-. The topological polar surface area (TPSA) is 177 Å². The van der Waals surface area contributed by atoms with Crippen molar-refractivity contribution in [1.82, 2.24) is 5.43 Å². The van der Waals surface area contributed by atoms with E-state index in [0.717, 1.165) is 16.8 Å². The van der Waals surface area contributed by atoms with Crippen LogP contribution in [-0.2, 0) is 0 Å². The minimum Gasteiger partial charge on any atom is -0.502 e. The van der Waals surface area contributed by atoms with E-state index in [4.69, 9.17) is 0 Å². The number of hydrogen-bond donors (Lipinski definition) is 3. The highest BCUT2D eigenvalue weighted by atomic mass is 79.9. The Balaban J connectivity index is 1.73. The zero-order chi connectivity index (χ0) is 24.8. The van der Waals surface area contributed by atoms with Gasteiger partial charge in [-0.2, -0.15) is 5.10 Å². The molecule has 0 radical (unpaired) electrons. The van der Waals surface area contributed by atoms with E-state index in [1.165, 1.54) is 18.2 Å². The van der Waals surface area contributed by atoms with E-state index in [2.05, 4.69) is 31.8 Å².